The largest absolute Gasteiger partial charge is 0.382 e. The molecule has 1 unspecified atom stereocenters. The molecule has 26 heavy (non-hydrogen) atoms. The van der Waals surface area contributed by atoms with Crippen LogP contribution in [0.25, 0.3) is 22.6 Å². The number of aliphatic hydroxyl groups is 1. The minimum atomic E-state index is -1.28. The third-order valence-electron chi connectivity index (χ3n) is 3.73. The Labute approximate surface area is 149 Å². The van der Waals surface area contributed by atoms with Gasteiger partial charge in [0.25, 0.3) is 5.91 Å². The Morgan fingerprint density at radius 3 is 2.85 bits per heavy atom. The Bertz CT molecular complexity index is 898. The van der Waals surface area contributed by atoms with Crippen molar-refractivity contribution in [3.05, 3.63) is 60.3 Å². The summed E-state index contributed by atoms with van der Waals surface area (Å²) in [6, 6.07) is 11.5. The van der Waals surface area contributed by atoms with Crippen LogP contribution in [0.1, 0.15) is 5.82 Å². The average Bonchev–Trinajstić information content (AvgIpc) is 3.10. The molecule has 0 saturated carbocycles. The SMILES string of the molecule is NCC(O)C(=O)NCc1nc(-c2cccc(F)c2)c(-c2ccccn2)[nH]1. The fraction of sp³-hybridized carbons (Fsp3) is 0.167. The van der Waals surface area contributed by atoms with Crippen molar-refractivity contribution < 1.29 is 14.3 Å². The maximum atomic E-state index is 13.6. The standard InChI is InChI=1S/C18H18FN5O2/c19-12-5-3-4-11(8-12)16-17(13-6-1-2-7-21-13)24-15(23-16)10-22-18(26)14(25)9-20/h1-8,14,25H,9-10,20H2,(H,22,26)(H,23,24). The van der Waals surface area contributed by atoms with Gasteiger partial charge in [-0.15, -0.1) is 0 Å². The lowest BCUT2D eigenvalue weighted by Gasteiger charge is -2.07. The van der Waals surface area contributed by atoms with Gasteiger partial charge in [0.05, 0.1) is 23.6 Å². The number of aliphatic hydroxyl groups excluding tert-OH is 1. The molecule has 7 nitrogen and oxygen atoms in total. The molecule has 0 fully saturated rings. The summed E-state index contributed by atoms with van der Waals surface area (Å²) < 4.78 is 13.6. The summed E-state index contributed by atoms with van der Waals surface area (Å²) in [5, 5.41) is 12.0. The molecule has 0 aliphatic carbocycles. The summed E-state index contributed by atoms with van der Waals surface area (Å²) in [7, 11) is 0. The molecule has 0 radical (unpaired) electrons. The van der Waals surface area contributed by atoms with E-state index in [0.717, 1.165) is 0 Å². The number of nitrogens with two attached hydrogens (primary N) is 1. The van der Waals surface area contributed by atoms with Gasteiger partial charge in [0.1, 0.15) is 17.7 Å². The molecule has 3 rings (SSSR count). The number of benzene rings is 1. The topological polar surface area (TPSA) is 117 Å². The first-order valence-electron chi connectivity index (χ1n) is 8.00. The highest BCUT2D eigenvalue weighted by Gasteiger charge is 2.17. The number of amides is 1. The van der Waals surface area contributed by atoms with Crippen molar-refractivity contribution in [1.82, 2.24) is 20.3 Å². The van der Waals surface area contributed by atoms with E-state index in [1.54, 1.807) is 30.5 Å². The van der Waals surface area contributed by atoms with E-state index < -0.39 is 12.0 Å². The molecule has 8 heteroatoms. The van der Waals surface area contributed by atoms with Crippen LogP contribution < -0.4 is 11.1 Å². The van der Waals surface area contributed by atoms with Crippen LogP contribution in [0.5, 0.6) is 0 Å². The Hall–Kier alpha value is -3.10. The van der Waals surface area contributed by atoms with E-state index in [1.807, 2.05) is 6.07 Å². The molecule has 0 bridgehead atoms. The van der Waals surface area contributed by atoms with Gasteiger partial charge in [-0.3, -0.25) is 9.78 Å². The van der Waals surface area contributed by atoms with E-state index in [2.05, 4.69) is 20.3 Å². The van der Waals surface area contributed by atoms with Crippen LogP contribution in [0.4, 0.5) is 4.39 Å². The van der Waals surface area contributed by atoms with Crippen LogP contribution in [0.3, 0.4) is 0 Å². The zero-order valence-electron chi connectivity index (χ0n) is 13.8. The minimum absolute atomic E-state index is 0.0606. The normalized spacial score (nSPS) is 12.0. The molecule has 0 aliphatic heterocycles. The van der Waals surface area contributed by atoms with Crippen LogP contribution in [0, 0.1) is 5.82 Å². The van der Waals surface area contributed by atoms with Crippen molar-refractivity contribution in [3.8, 4) is 22.6 Å². The summed E-state index contributed by atoms with van der Waals surface area (Å²) >= 11 is 0. The molecule has 5 N–H and O–H groups in total. The Morgan fingerprint density at radius 2 is 2.15 bits per heavy atom. The first kappa shape index (κ1) is 17.7. The average molecular weight is 355 g/mol. The highest BCUT2D eigenvalue weighted by atomic mass is 19.1. The van der Waals surface area contributed by atoms with Gasteiger partial charge in [0.15, 0.2) is 0 Å². The number of carbonyl (C=O) groups is 1. The van der Waals surface area contributed by atoms with Crippen molar-refractivity contribution >= 4 is 5.91 Å². The molecule has 1 aromatic carbocycles. The van der Waals surface area contributed by atoms with Gasteiger partial charge in [-0.25, -0.2) is 9.37 Å². The van der Waals surface area contributed by atoms with Gasteiger partial charge in [-0.1, -0.05) is 18.2 Å². The Morgan fingerprint density at radius 1 is 1.31 bits per heavy atom. The first-order chi connectivity index (χ1) is 12.6. The summed E-state index contributed by atoms with van der Waals surface area (Å²) in [4.78, 5) is 23.5. The van der Waals surface area contributed by atoms with E-state index in [9.17, 15) is 14.3 Å². The van der Waals surface area contributed by atoms with E-state index in [-0.39, 0.29) is 18.9 Å². The number of nitrogens with zero attached hydrogens (tertiary/aromatic N) is 2. The summed E-state index contributed by atoms with van der Waals surface area (Å²) in [6.45, 7) is -0.108. The van der Waals surface area contributed by atoms with Crippen molar-refractivity contribution in [2.45, 2.75) is 12.6 Å². The van der Waals surface area contributed by atoms with Crippen LogP contribution in [0.15, 0.2) is 48.7 Å². The molecule has 3 aromatic rings. The monoisotopic (exact) mass is 355 g/mol. The van der Waals surface area contributed by atoms with E-state index >= 15 is 0 Å². The minimum Gasteiger partial charge on any atom is -0.382 e. The number of carbonyl (C=O) groups excluding carboxylic acids is 1. The van der Waals surface area contributed by atoms with Crippen molar-refractivity contribution in [3.63, 3.8) is 0 Å². The number of pyridine rings is 1. The molecule has 2 heterocycles. The lowest BCUT2D eigenvalue weighted by molar-refractivity contribution is -0.129. The second-order valence-electron chi connectivity index (χ2n) is 5.60. The van der Waals surface area contributed by atoms with Crippen molar-refractivity contribution in [1.29, 1.82) is 0 Å². The molecule has 1 amide bonds. The third-order valence-corrected chi connectivity index (χ3v) is 3.73. The van der Waals surface area contributed by atoms with Crippen LogP contribution in [-0.2, 0) is 11.3 Å². The highest BCUT2D eigenvalue weighted by molar-refractivity contribution is 5.81. The fourth-order valence-corrected chi connectivity index (χ4v) is 2.44. The van der Waals surface area contributed by atoms with Gasteiger partial charge < -0.3 is 21.1 Å². The zero-order valence-corrected chi connectivity index (χ0v) is 13.8. The molecule has 2 aromatic heterocycles. The molecular weight excluding hydrogens is 337 g/mol. The summed E-state index contributed by atoms with van der Waals surface area (Å²) in [5.41, 5.74) is 7.61. The lowest BCUT2D eigenvalue weighted by Crippen LogP contribution is -2.38. The molecule has 0 aliphatic rings. The number of halogens is 1. The van der Waals surface area contributed by atoms with Crippen molar-refractivity contribution in [2.75, 3.05) is 6.54 Å². The summed E-state index contributed by atoms with van der Waals surface area (Å²) in [6.07, 6.45) is 0.368. The molecule has 0 spiro atoms. The second-order valence-corrected chi connectivity index (χ2v) is 5.60. The van der Waals surface area contributed by atoms with Gasteiger partial charge in [-0.2, -0.15) is 0 Å². The number of hydrogen-bond donors (Lipinski definition) is 4. The first-order valence-corrected chi connectivity index (χ1v) is 8.00. The van der Waals surface area contributed by atoms with E-state index in [1.165, 1.54) is 12.1 Å². The number of aromatic nitrogens is 3. The summed E-state index contributed by atoms with van der Waals surface area (Å²) in [5.74, 6) is -0.517. The third kappa shape index (κ3) is 3.93. The quantitative estimate of drug-likeness (QED) is 0.530. The van der Waals surface area contributed by atoms with Crippen molar-refractivity contribution in [2.24, 2.45) is 5.73 Å². The predicted molar refractivity (Wildman–Crippen MR) is 94.1 cm³/mol. The predicted octanol–water partition coefficient (Wildman–Crippen LogP) is 1.21. The zero-order chi connectivity index (χ0) is 18.5. The van der Waals surface area contributed by atoms with Gasteiger partial charge in [0, 0.05) is 18.3 Å². The van der Waals surface area contributed by atoms with Crippen LogP contribution in [0.2, 0.25) is 0 Å². The number of hydrogen-bond acceptors (Lipinski definition) is 5. The number of H-pyrrole nitrogens is 1. The van der Waals surface area contributed by atoms with Gasteiger partial charge in [-0.05, 0) is 24.3 Å². The number of aromatic amines is 1. The molecule has 134 valence electrons. The highest BCUT2D eigenvalue weighted by Crippen LogP contribution is 2.29. The number of rotatable bonds is 6. The fourth-order valence-electron chi connectivity index (χ4n) is 2.44. The number of nitrogens with one attached hydrogen (secondary N) is 2. The van der Waals surface area contributed by atoms with Crippen LogP contribution >= 0.6 is 0 Å². The van der Waals surface area contributed by atoms with E-state index in [4.69, 9.17) is 5.73 Å². The maximum Gasteiger partial charge on any atom is 0.250 e. The lowest BCUT2D eigenvalue weighted by atomic mass is 10.1. The molecular formula is C18H18FN5O2. The Kier molecular flexibility index (Phi) is 5.35. The molecule has 0 saturated heterocycles. The Balaban J connectivity index is 1.94. The van der Waals surface area contributed by atoms with Gasteiger partial charge >= 0.3 is 0 Å². The molecule has 1 atom stereocenters. The number of imidazole rings is 1. The smallest absolute Gasteiger partial charge is 0.250 e. The van der Waals surface area contributed by atoms with E-state index in [0.29, 0.717) is 28.5 Å². The van der Waals surface area contributed by atoms with Crippen LogP contribution in [-0.4, -0.2) is 38.6 Å². The second kappa shape index (κ2) is 7.85. The van der Waals surface area contributed by atoms with Gasteiger partial charge in [0.2, 0.25) is 0 Å². The maximum absolute atomic E-state index is 13.6.